The second kappa shape index (κ2) is 4.30. The molecular formula is C10H18N2O. The summed E-state index contributed by atoms with van der Waals surface area (Å²) >= 11 is 0. The van der Waals surface area contributed by atoms with Crippen molar-refractivity contribution in [1.82, 2.24) is 10.2 Å². The van der Waals surface area contributed by atoms with Crippen molar-refractivity contribution >= 4 is 5.91 Å². The molecule has 0 aliphatic heterocycles. The fourth-order valence-corrected chi connectivity index (χ4v) is 1.15. The Morgan fingerprint density at radius 2 is 2.23 bits per heavy atom. The highest BCUT2D eigenvalue weighted by Crippen LogP contribution is 2.29. The molecule has 0 bridgehead atoms. The van der Waals surface area contributed by atoms with Crippen LogP contribution >= 0.6 is 0 Å². The van der Waals surface area contributed by atoms with Crippen LogP contribution < -0.4 is 5.32 Å². The van der Waals surface area contributed by atoms with Crippen molar-refractivity contribution in [3.63, 3.8) is 0 Å². The topological polar surface area (TPSA) is 32.3 Å². The first kappa shape index (κ1) is 10.1. The van der Waals surface area contributed by atoms with E-state index in [9.17, 15) is 4.79 Å². The van der Waals surface area contributed by atoms with Crippen LogP contribution in [-0.2, 0) is 4.79 Å². The Labute approximate surface area is 79.8 Å². The van der Waals surface area contributed by atoms with Crippen molar-refractivity contribution in [1.29, 1.82) is 0 Å². The van der Waals surface area contributed by atoms with E-state index in [2.05, 4.69) is 11.9 Å². The predicted molar refractivity (Wildman–Crippen MR) is 53.2 cm³/mol. The van der Waals surface area contributed by atoms with Crippen molar-refractivity contribution in [3.8, 4) is 0 Å². The van der Waals surface area contributed by atoms with Crippen LogP contribution in [0.5, 0.6) is 0 Å². The lowest BCUT2D eigenvalue weighted by atomic mass is 10.3. The van der Waals surface area contributed by atoms with Crippen LogP contribution in [-0.4, -0.2) is 30.9 Å². The van der Waals surface area contributed by atoms with Crippen LogP contribution in [0.1, 0.15) is 19.8 Å². The lowest BCUT2D eigenvalue weighted by Gasteiger charge is -2.17. The molecule has 1 fully saturated rings. The minimum absolute atomic E-state index is 0.148. The third-order valence-corrected chi connectivity index (χ3v) is 2.20. The van der Waals surface area contributed by atoms with E-state index in [1.165, 1.54) is 12.8 Å². The smallest absolute Gasteiger partial charge is 0.241 e. The molecule has 1 rings (SSSR count). The van der Waals surface area contributed by atoms with Crippen molar-refractivity contribution in [2.24, 2.45) is 5.92 Å². The molecular weight excluding hydrogens is 164 g/mol. The zero-order chi connectivity index (χ0) is 9.84. The van der Waals surface area contributed by atoms with Gasteiger partial charge in [0.2, 0.25) is 5.91 Å². The Kier molecular flexibility index (Phi) is 3.34. The van der Waals surface area contributed by atoms with E-state index in [1.807, 2.05) is 14.0 Å². The van der Waals surface area contributed by atoms with Crippen LogP contribution in [0, 0.1) is 5.92 Å². The highest BCUT2D eigenvalue weighted by Gasteiger charge is 2.24. The number of rotatable bonds is 5. The monoisotopic (exact) mass is 182 g/mol. The summed E-state index contributed by atoms with van der Waals surface area (Å²) in [6.45, 7) is 6.82. The van der Waals surface area contributed by atoms with Gasteiger partial charge in [-0.1, -0.05) is 6.58 Å². The summed E-state index contributed by atoms with van der Waals surface area (Å²) in [5.74, 6) is 0.911. The number of likely N-dealkylation sites (N-methyl/N-ethyl adjacent to an activating group) is 1. The molecule has 1 amide bonds. The lowest BCUT2D eigenvalue weighted by molar-refractivity contribution is -0.129. The Bertz CT molecular complexity index is 209. The molecule has 0 atom stereocenters. The molecule has 3 nitrogen and oxygen atoms in total. The quantitative estimate of drug-likeness (QED) is 0.687. The average Bonchev–Trinajstić information content (AvgIpc) is 2.83. The first-order valence-corrected chi connectivity index (χ1v) is 4.73. The maximum atomic E-state index is 11.4. The minimum atomic E-state index is 0.148. The van der Waals surface area contributed by atoms with Crippen molar-refractivity contribution in [2.75, 3.05) is 20.1 Å². The standard InChI is InChI=1S/C10H18N2O/c1-8(2)11-6-10(13)12(3)7-9-4-5-9/h9,11H,1,4-7H2,2-3H3. The Morgan fingerprint density at radius 1 is 1.62 bits per heavy atom. The molecule has 1 aliphatic rings. The summed E-state index contributed by atoms with van der Waals surface area (Å²) in [7, 11) is 1.86. The fraction of sp³-hybridized carbons (Fsp3) is 0.700. The molecule has 1 aliphatic carbocycles. The van der Waals surface area contributed by atoms with E-state index in [-0.39, 0.29) is 5.91 Å². The SMILES string of the molecule is C=C(C)NCC(=O)N(C)CC1CC1. The third kappa shape index (κ3) is 3.97. The molecule has 0 spiro atoms. The number of nitrogens with zero attached hydrogens (tertiary/aromatic N) is 1. The van der Waals surface area contributed by atoms with E-state index in [0.29, 0.717) is 6.54 Å². The normalized spacial score (nSPS) is 15.2. The Morgan fingerprint density at radius 3 is 2.69 bits per heavy atom. The number of allylic oxidation sites excluding steroid dienone is 1. The molecule has 1 N–H and O–H groups in total. The van der Waals surface area contributed by atoms with Gasteiger partial charge in [-0.3, -0.25) is 4.79 Å². The fourth-order valence-electron chi connectivity index (χ4n) is 1.15. The molecule has 3 heteroatoms. The summed E-state index contributed by atoms with van der Waals surface area (Å²) in [6, 6.07) is 0. The molecule has 0 saturated heterocycles. The number of amides is 1. The van der Waals surface area contributed by atoms with Gasteiger partial charge < -0.3 is 10.2 Å². The lowest BCUT2D eigenvalue weighted by Crippen LogP contribution is -2.35. The Hall–Kier alpha value is -0.990. The van der Waals surface area contributed by atoms with Gasteiger partial charge in [0.1, 0.15) is 0 Å². The van der Waals surface area contributed by atoms with Gasteiger partial charge in [0.05, 0.1) is 6.54 Å². The highest BCUT2D eigenvalue weighted by molar-refractivity contribution is 5.78. The molecule has 1 saturated carbocycles. The van der Waals surface area contributed by atoms with Crippen molar-refractivity contribution < 1.29 is 4.79 Å². The number of hydrogen-bond acceptors (Lipinski definition) is 2. The van der Waals surface area contributed by atoms with E-state index in [0.717, 1.165) is 18.2 Å². The molecule has 0 aromatic carbocycles. The number of nitrogens with one attached hydrogen (secondary N) is 1. The zero-order valence-electron chi connectivity index (χ0n) is 8.47. The number of hydrogen-bond donors (Lipinski definition) is 1. The summed E-state index contributed by atoms with van der Waals surface area (Å²) in [4.78, 5) is 13.2. The van der Waals surface area contributed by atoms with E-state index >= 15 is 0 Å². The maximum absolute atomic E-state index is 11.4. The largest absolute Gasteiger partial charge is 0.380 e. The maximum Gasteiger partial charge on any atom is 0.241 e. The van der Waals surface area contributed by atoms with E-state index in [4.69, 9.17) is 0 Å². The number of carbonyl (C=O) groups excluding carboxylic acids is 1. The predicted octanol–water partition coefficient (Wildman–Crippen LogP) is 0.978. The average molecular weight is 182 g/mol. The highest BCUT2D eigenvalue weighted by atomic mass is 16.2. The van der Waals surface area contributed by atoms with Crippen molar-refractivity contribution in [2.45, 2.75) is 19.8 Å². The zero-order valence-corrected chi connectivity index (χ0v) is 8.47. The van der Waals surface area contributed by atoms with Crippen LogP contribution in [0.4, 0.5) is 0 Å². The van der Waals surface area contributed by atoms with Gasteiger partial charge in [0, 0.05) is 19.3 Å². The summed E-state index contributed by atoms with van der Waals surface area (Å²) in [5, 5.41) is 2.93. The van der Waals surface area contributed by atoms with Gasteiger partial charge >= 0.3 is 0 Å². The number of carbonyl (C=O) groups is 1. The minimum Gasteiger partial charge on any atom is -0.380 e. The molecule has 13 heavy (non-hydrogen) atoms. The Balaban J connectivity index is 2.16. The van der Waals surface area contributed by atoms with Gasteiger partial charge in [-0.15, -0.1) is 0 Å². The van der Waals surface area contributed by atoms with Crippen LogP contribution in [0.2, 0.25) is 0 Å². The first-order valence-electron chi connectivity index (χ1n) is 4.73. The van der Waals surface area contributed by atoms with Gasteiger partial charge in [-0.25, -0.2) is 0 Å². The molecule has 74 valence electrons. The second-order valence-corrected chi connectivity index (χ2v) is 3.85. The molecule has 0 aromatic rings. The summed E-state index contributed by atoms with van der Waals surface area (Å²) < 4.78 is 0. The van der Waals surface area contributed by atoms with Gasteiger partial charge in [0.25, 0.3) is 0 Å². The molecule has 0 heterocycles. The van der Waals surface area contributed by atoms with Gasteiger partial charge in [-0.05, 0) is 25.7 Å². The van der Waals surface area contributed by atoms with Gasteiger partial charge in [0.15, 0.2) is 0 Å². The summed E-state index contributed by atoms with van der Waals surface area (Å²) in [5.41, 5.74) is 0.841. The molecule has 0 radical (unpaired) electrons. The second-order valence-electron chi connectivity index (χ2n) is 3.85. The summed E-state index contributed by atoms with van der Waals surface area (Å²) in [6.07, 6.45) is 2.57. The molecule has 0 unspecified atom stereocenters. The van der Waals surface area contributed by atoms with Gasteiger partial charge in [-0.2, -0.15) is 0 Å². The van der Waals surface area contributed by atoms with Crippen LogP contribution in [0.25, 0.3) is 0 Å². The van der Waals surface area contributed by atoms with Crippen LogP contribution in [0.3, 0.4) is 0 Å². The molecule has 0 aromatic heterocycles. The first-order chi connectivity index (χ1) is 6.09. The third-order valence-electron chi connectivity index (χ3n) is 2.20. The van der Waals surface area contributed by atoms with E-state index < -0.39 is 0 Å². The van der Waals surface area contributed by atoms with Crippen LogP contribution in [0.15, 0.2) is 12.3 Å². The van der Waals surface area contributed by atoms with Crippen molar-refractivity contribution in [3.05, 3.63) is 12.3 Å². The van der Waals surface area contributed by atoms with E-state index in [1.54, 1.807) is 4.90 Å².